The maximum absolute atomic E-state index is 11.9. The van der Waals surface area contributed by atoms with Gasteiger partial charge in [-0.15, -0.1) is 0 Å². The number of nitrogens with zero attached hydrogens (tertiary/aromatic N) is 3. The Bertz CT molecular complexity index is 836. The maximum Gasteiger partial charge on any atom is 0.227 e. The summed E-state index contributed by atoms with van der Waals surface area (Å²) >= 11 is 0. The second kappa shape index (κ2) is 7.79. The van der Waals surface area contributed by atoms with Gasteiger partial charge in [-0.25, -0.2) is 0 Å². The Labute approximate surface area is 161 Å². The third kappa shape index (κ3) is 3.62. The number of pyridine rings is 1. The van der Waals surface area contributed by atoms with Crippen molar-refractivity contribution in [2.75, 3.05) is 32.2 Å². The number of likely N-dealkylation sites (tertiary alicyclic amines) is 1. The van der Waals surface area contributed by atoms with Gasteiger partial charge < -0.3 is 9.64 Å². The molecule has 0 saturated carbocycles. The van der Waals surface area contributed by atoms with Gasteiger partial charge in [0, 0.05) is 50.6 Å². The molecule has 27 heavy (non-hydrogen) atoms. The van der Waals surface area contributed by atoms with Gasteiger partial charge in [-0.3, -0.25) is 14.7 Å². The van der Waals surface area contributed by atoms with Gasteiger partial charge in [0.2, 0.25) is 5.91 Å². The van der Waals surface area contributed by atoms with Crippen LogP contribution in [0.5, 0.6) is 0 Å². The molecule has 3 heterocycles. The number of benzene rings is 1. The number of hydrogen-bond acceptors (Lipinski definition) is 4. The minimum absolute atomic E-state index is 0.190. The molecule has 2 aliphatic rings. The summed E-state index contributed by atoms with van der Waals surface area (Å²) in [7, 11) is 3.64. The number of amides is 1. The van der Waals surface area contributed by atoms with Crippen LogP contribution in [-0.4, -0.2) is 49.1 Å². The Hall–Kier alpha value is -2.24. The van der Waals surface area contributed by atoms with Crippen LogP contribution < -0.4 is 4.90 Å². The standard InChI is InChI=1S/C22H27N3O2/c1-24-21-9-7-16(13-17(21)8-10-22(24)26)19-6-3-11-23-20(19)14-25-12-4-5-18(25)15-27-2/h3,6-7,9,11,13,18H,4-5,8,10,12,14-15H2,1-2H3/t18-/m0/s1. The van der Waals surface area contributed by atoms with E-state index in [1.807, 2.05) is 19.3 Å². The van der Waals surface area contributed by atoms with Crippen molar-refractivity contribution in [2.24, 2.45) is 0 Å². The number of fused-ring (bicyclic) bond motifs is 1. The fourth-order valence-corrected chi connectivity index (χ4v) is 4.33. The molecular formula is C22H27N3O2. The zero-order chi connectivity index (χ0) is 18.8. The van der Waals surface area contributed by atoms with E-state index in [4.69, 9.17) is 9.72 Å². The number of carbonyl (C=O) groups excluding carboxylic acids is 1. The van der Waals surface area contributed by atoms with Gasteiger partial charge in [0.05, 0.1) is 12.3 Å². The first-order chi connectivity index (χ1) is 13.2. The van der Waals surface area contributed by atoms with E-state index in [-0.39, 0.29) is 5.91 Å². The number of hydrogen-bond donors (Lipinski definition) is 0. The molecule has 2 aromatic rings. The molecule has 5 heteroatoms. The molecule has 0 unspecified atom stereocenters. The van der Waals surface area contributed by atoms with Gasteiger partial charge in [-0.1, -0.05) is 12.1 Å². The van der Waals surface area contributed by atoms with Crippen LogP contribution in [0.25, 0.3) is 11.1 Å². The molecule has 5 nitrogen and oxygen atoms in total. The van der Waals surface area contributed by atoms with Crippen molar-refractivity contribution in [3.05, 3.63) is 47.8 Å². The van der Waals surface area contributed by atoms with Crippen molar-refractivity contribution < 1.29 is 9.53 Å². The summed E-state index contributed by atoms with van der Waals surface area (Å²) in [5.41, 5.74) is 5.74. The Morgan fingerprint density at radius 1 is 1.26 bits per heavy atom. The number of ether oxygens (including phenoxy) is 1. The predicted molar refractivity (Wildman–Crippen MR) is 107 cm³/mol. The van der Waals surface area contributed by atoms with E-state index in [0.717, 1.165) is 37.5 Å². The lowest BCUT2D eigenvalue weighted by Crippen LogP contribution is -2.32. The molecule has 0 bridgehead atoms. The van der Waals surface area contributed by atoms with Crippen LogP contribution in [-0.2, 0) is 22.5 Å². The normalized spacial score (nSPS) is 20.1. The minimum atomic E-state index is 0.190. The number of aryl methyl sites for hydroxylation is 1. The molecule has 1 saturated heterocycles. The minimum Gasteiger partial charge on any atom is -0.383 e. The Kier molecular flexibility index (Phi) is 5.23. The molecule has 1 aromatic carbocycles. The summed E-state index contributed by atoms with van der Waals surface area (Å²) in [6.45, 7) is 2.72. The molecule has 1 fully saturated rings. The quantitative estimate of drug-likeness (QED) is 0.816. The molecule has 0 aliphatic carbocycles. The molecular weight excluding hydrogens is 338 g/mol. The molecule has 1 aromatic heterocycles. The average molecular weight is 365 g/mol. The number of rotatable bonds is 5. The predicted octanol–water partition coefficient (Wildman–Crippen LogP) is 3.27. The lowest BCUT2D eigenvalue weighted by molar-refractivity contribution is -0.118. The number of carbonyl (C=O) groups is 1. The summed E-state index contributed by atoms with van der Waals surface area (Å²) in [5, 5.41) is 0. The summed E-state index contributed by atoms with van der Waals surface area (Å²) in [6, 6.07) is 11.1. The summed E-state index contributed by atoms with van der Waals surface area (Å²) in [5.74, 6) is 0.190. The molecule has 0 N–H and O–H groups in total. The van der Waals surface area contributed by atoms with E-state index in [9.17, 15) is 4.79 Å². The summed E-state index contributed by atoms with van der Waals surface area (Å²) in [6.07, 6.45) is 5.68. The van der Waals surface area contributed by atoms with E-state index in [1.54, 1.807) is 12.0 Å². The highest BCUT2D eigenvalue weighted by molar-refractivity contribution is 5.96. The molecule has 2 aliphatic heterocycles. The first-order valence-electron chi connectivity index (χ1n) is 9.74. The van der Waals surface area contributed by atoms with E-state index >= 15 is 0 Å². The van der Waals surface area contributed by atoms with Crippen LogP contribution in [0.3, 0.4) is 0 Å². The van der Waals surface area contributed by atoms with Gasteiger partial charge in [0.25, 0.3) is 0 Å². The maximum atomic E-state index is 11.9. The fraction of sp³-hybridized carbons (Fsp3) is 0.455. The molecule has 4 rings (SSSR count). The largest absolute Gasteiger partial charge is 0.383 e. The molecule has 1 atom stereocenters. The first-order valence-corrected chi connectivity index (χ1v) is 9.74. The third-order valence-electron chi connectivity index (χ3n) is 5.84. The van der Waals surface area contributed by atoms with E-state index in [0.29, 0.717) is 12.5 Å². The smallest absolute Gasteiger partial charge is 0.227 e. The Morgan fingerprint density at radius 2 is 2.15 bits per heavy atom. The first kappa shape index (κ1) is 18.1. The van der Waals surface area contributed by atoms with Gasteiger partial charge in [-0.2, -0.15) is 0 Å². The zero-order valence-corrected chi connectivity index (χ0v) is 16.1. The molecule has 0 spiro atoms. The van der Waals surface area contributed by atoms with Crippen LogP contribution in [0.15, 0.2) is 36.5 Å². The van der Waals surface area contributed by atoms with E-state index in [2.05, 4.69) is 29.2 Å². The van der Waals surface area contributed by atoms with Crippen LogP contribution in [0.2, 0.25) is 0 Å². The molecule has 142 valence electrons. The number of aromatic nitrogens is 1. The van der Waals surface area contributed by atoms with Crippen molar-refractivity contribution in [3.8, 4) is 11.1 Å². The van der Waals surface area contributed by atoms with Crippen LogP contribution in [0.4, 0.5) is 5.69 Å². The van der Waals surface area contributed by atoms with E-state index in [1.165, 1.54) is 29.5 Å². The van der Waals surface area contributed by atoms with Gasteiger partial charge in [-0.05, 0) is 55.1 Å². The van der Waals surface area contributed by atoms with Crippen LogP contribution in [0, 0.1) is 0 Å². The Morgan fingerprint density at radius 3 is 3.00 bits per heavy atom. The second-order valence-corrected chi connectivity index (χ2v) is 7.52. The van der Waals surface area contributed by atoms with Crippen molar-refractivity contribution in [3.63, 3.8) is 0 Å². The highest BCUT2D eigenvalue weighted by atomic mass is 16.5. The summed E-state index contributed by atoms with van der Waals surface area (Å²) < 4.78 is 5.40. The highest BCUT2D eigenvalue weighted by Crippen LogP contribution is 2.33. The lowest BCUT2D eigenvalue weighted by atomic mass is 9.95. The molecule has 1 amide bonds. The van der Waals surface area contributed by atoms with E-state index < -0.39 is 0 Å². The number of methoxy groups -OCH3 is 1. The van der Waals surface area contributed by atoms with Gasteiger partial charge in [0.1, 0.15) is 0 Å². The van der Waals surface area contributed by atoms with Gasteiger partial charge >= 0.3 is 0 Å². The lowest BCUT2D eigenvalue weighted by Gasteiger charge is -2.27. The summed E-state index contributed by atoms with van der Waals surface area (Å²) in [4.78, 5) is 20.9. The van der Waals surface area contributed by atoms with Crippen molar-refractivity contribution in [1.82, 2.24) is 9.88 Å². The third-order valence-corrected chi connectivity index (χ3v) is 5.84. The van der Waals surface area contributed by atoms with Crippen molar-refractivity contribution in [2.45, 2.75) is 38.3 Å². The van der Waals surface area contributed by atoms with Crippen LogP contribution in [0.1, 0.15) is 30.5 Å². The van der Waals surface area contributed by atoms with Crippen molar-refractivity contribution >= 4 is 11.6 Å². The Balaban J connectivity index is 1.63. The fourth-order valence-electron chi connectivity index (χ4n) is 4.33. The van der Waals surface area contributed by atoms with Gasteiger partial charge in [0.15, 0.2) is 0 Å². The monoisotopic (exact) mass is 365 g/mol. The highest BCUT2D eigenvalue weighted by Gasteiger charge is 2.26. The number of anilines is 1. The molecule has 0 radical (unpaired) electrons. The topological polar surface area (TPSA) is 45.7 Å². The zero-order valence-electron chi connectivity index (χ0n) is 16.1. The van der Waals surface area contributed by atoms with Crippen molar-refractivity contribution in [1.29, 1.82) is 0 Å². The second-order valence-electron chi connectivity index (χ2n) is 7.52. The SMILES string of the molecule is COC[C@@H]1CCCN1Cc1ncccc1-c1ccc2c(c1)CCC(=O)N2C. The average Bonchev–Trinajstić information content (AvgIpc) is 3.12. The van der Waals surface area contributed by atoms with Crippen LogP contribution >= 0.6 is 0 Å².